The van der Waals surface area contributed by atoms with Gasteiger partial charge in [0.05, 0.1) is 21.3 Å². The first kappa shape index (κ1) is 19.2. The van der Waals surface area contributed by atoms with E-state index in [1.165, 1.54) is 18.3 Å². The number of fused-ring (bicyclic) bond motifs is 1. The number of hydrogen-bond acceptors (Lipinski definition) is 3. The van der Waals surface area contributed by atoms with Gasteiger partial charge < -0.3 is 5.32 Å². The minimum atomic E-state index is -0.936. The fourth-order valence-electron chi connectivity index (χ4n) is 2.39. The molecular weight excluding hydrogens is 409 g/mol. The number of anilines is 1. The molecule has 0 bridgehead atoms. The van der Waals surface area contributed by atoms with Gasteiger partial charge in [0.15, 0.2) is 0 Å². The zero-order valence-corrected chi connectivity index (χ0v) is 15.9. The van der Waals surface area contributed by atoms with Gasteiger partial charge in [0.2, 0.25) is 0 Å². The van der Waals surface area contributed by atoms with Crippen molar-refractivity contribution in [3.05, 3.63) is 75.2 Å². The molecule has 2 amide bonds. The average molecular weight is 421 g/mol. The van der Waals surface area contributed by atoms with E-state index in [1.54, 1.807) is 0 Å². The molecule has 2 N–H and O–H groups in total. The summed E-state index contributed by atoms with van der Waals surface area (Å²) in [6, 6.07) is 16.3. The fourth-order valence-corrected chi connectivity index (χ4v) is 2.99. The van der Waals surface area contributed by atoms with E-state index in [4.69, 9.17) is 34.8 Å². The number of nitrogens with one attached hydrogen (secondary N) is 2. The number of halogens is 3. The van der Waals surface area contributed by atoms with Crippen LogP contribution in [0, 0.1) is 0 Å². The van der Waals surface area contributed by atoms with Gasteiger partial charge in [0.1, 0.15) is 0 Å². The Labute approximate surface area is 169 Å². The second-order valence-electron chi connectivity index (χ2n) is 5.48. The zero-order chi connectivity index (χ0) is 19.4. The third kappa shape index (κ3) is 4.57. The summed E-state index contributed by atoms with van der Waals surface area (Å²) in [6.45, 7) is 0. The summed E-state index contributed by atoms with van der Waals surface area (Å²) in [5.74, 6) is -1.85. The summed E-state index contributed by atoms with van der Waals surface area (Å²) in [4.78, 5) is 23.9. The van der Waals surface area contributed by atoms with Crippen molar-refractivity contribution in [1.82, 2.24) is 5.43 Å². The molecule has 0 radical (unpaired) electrons. The van der Waals surface area contributed by atoms with Crippen molar-refractivity contribution in [1.29, 1.82) is 0 Å². The molecule has 0 saturated carbocycles. The van der Waals surface area contributed by atoms with Gasteiger partial charge in [-0.1, -0.05) is 77.3 Å². The summed E-state index contributed by atoms with van der Waals surface area (Å²) >= 11 is 17.6. The van der Waals surface area contributed by atoms with Crippen LogP contribution in [0.1, 0.15) is 5.56 Å². The van der Waals surface area contributed by atoms with Crippen LogP contribution >= 0.6 is 34.8 Å². The molecule has 5 nitrogen and oxygen atoms in total. The van der Waals surface area contributed by atoms with Crippen molar-refractivity contribution in [3.63, 3.8) is 0 Å². The summed E-state index contributed by atoms with van der Waals surface area (Å²) in [5, 5.41) is 8.73. The molecule has 0 fully saturated rings. The molecule has 0 atom stereocenters. The van der Waals surface area contributed by atoms with Crippen LogP contribution in [0.3, 0.4) is 0 Å². The number of nitrogens with zero attached hydrogens (tertiary/aromatic N) is 1. The highest BCUT2D eigenvalue weighted by atomic mass is 35.5. The van der Waals surface area contributed by atoms with E-state index in [1.807, 2.05) is 42.5 Å². The molecular formula is C19H12Cl3N3O2. The summed E-state index contributed by atoms with van der Waals surface area (Å²) in [5.41, 5.74) is 3.24. The lowest BCUT2D eigenvalue weighted by molar-refractivity contribution is -0.136. The largest absolute Gasteiger partial charge is 0.329 e. The molecule has 3 rings (SSSR count). The number of hydrazone groups is 1. The van der Waals surface area contributed by atoms with E-state index in [-0.39, 0.29) is 20.8 Å². The van der Waals surface area contributed by atoms with Crippen molar-refractivity contribution < 1.29 is 9.59 Å². The van der Waals surface area contributed by atoms with Crippen molar-refractivity contribution in [2.24, 2.45) is 5.10 Å². The molecule has 8 heteroatoms. The molecule has 0 heterocycles. The molecule has 3 aromatic rings. The van der Waals surface area contributed by atoms with Gasteiger partial charge >= 0.3 is 11.8 Å². The van der Waals surface area contributed by atoms with E-state index in [0.29, 0.717) is 0 Å². The minimum absolute atomic E-state index is 0.161. The lowest BCUT2D eigenvalue weighted by Crippen LogP contribution is -2.32. The number of carbonyl (C=O) groups excluding carboxylic acids is 2. The first-order valence-electron chi connectivity index (χ1n) is 7.72. The molecule has 3 aromatic carbocycles. The Balaban J connectivity index is 1.66. The molecule has 0 spiro atoms. The molecule has 136 valence electrons. The average Bonchev–Trinajstić information content (AvgIpc) is 2.66. The zero-order valence-electron chi connectivity index (χ0n) is 13.7. The Morgan fingerprint density at radius 3 is 2.30 bits per heavy atom. The summed E-state index contributed by atoms with van der Waals surface area (Å²) in [7, 11) is 0. The molecule has 0 unspecified atom stereocenters. The molecule has 0 aromatic heterocycles. The van der Waals surface area contributed by atoms with E-state index in [2.05, 4.69) is 15.8 Å². The topological polar surface area (TPSA) is 70.6 Å². The Kier molecular flexibility index (Phi) is 5.96. The van der Waals surface area contributed by atoms with Crippen LogP contribution < -0.4 is 10.7 Å². The Morgan fingerprint density at radius 1 is 0.889 bits per heavy atom. The third-order valence-corrected chi connectivity index (χ3v) is 4.84. The van der Waals surface area contributed by atoms with Crippen molar-refractivity contribution in [3.8, 4) is 0 Å². The van der Waals surface area contributed by atoms with Crippen LogP contribution in [0.15, 0.2) is 59.7 Å². The van der Waals surface area contributed by atoms with Crippen LogP contribution in [0.25, 0.3) is 10.8 Å². The highest BCUT2D eigenvalue weighted by Crippen LogP contribution is 2.33. The van der Waals surface area contributed by atoms with E-state index in [9.17, 15) is 9.59 Å². The Morgan fingerprint density at radius 2 is 1.56 bits per heavy atom. The normalized spacial score (nSPS) is 10.9. The van der Waals surface area contributed by atoms with Crippen LogP contribution in [0.2, 0.25) is 15.1 Å². The van der Waals surface area contributed by atoms with Crippen molar-refractivity contribution in [2.75, 3.05) is 5.32 Å². The number of amides is 2. The first-order valence-corrected chi connectivity index (χ1v) is 8.86. The van der Waals surface area contributed by atoms with Crippen molar-refractivity contribution >= 4 is 69.3 Å². The van der Waals surface area contributed by atoms with E-state index in [0.717, 1.165) is 16.3 Å². The quantitative estimate of drug-likeness (QED) is 0.274. The van der Waals surface area contributed by atoms with Gasteiger partial charge in [-0.05, 0) is 22.9 Å². The van der Waals surface area contributed by atoms with Gasteiger partial charge in [-0.3, -0.25) is 9.59 Å². The predicted molar refractivity (Wildman–Crippen MR) is 110 cm³/mol. The second kappa shape index (κ2) is 8.39. The highest BCUT2D eigenvalue weighted by molar-refractivity contribution is 6.48. The van der Waals surface area contributed by atoms with Gasteiger partial charge in [0.25, 0.3) is 0 Å². The summed E-state index contributed by atoms with van der Waals surface area (Å²) in [6.07, 6.45) is 1.48. The smallest absolute Gasteiger partial charge is 0.318 e. The van der Waals surface area contributed by atoms with Gasteiger partial charge in [-0.2, -0.15) is 5.10 Å². The summed E-state index contributed by atoms with van der Waals surface area (Å²) < 4.78 is 0. The highest BCUT2D eigenvalue weighted by Gasteiger charge is 2.15. The van der Waals surface area contributed by atoms with Gasteiger partial charge in [0, 0.05) is 11.3 Å². The SMILES string of the molecule is O=C(N/N=C/c1cccc2ccccc12)C(=O)Nc1cc(Cl)c(Cl)c(Cl)c1. The Bertz CT molecular complexity index is 1040. The van der Waals surface area contributed by atoms with Crippen LogP contribution in [0.5, 0.6) is 0 Å². The third-order valence-electron chi connectivity index (χ3n) is 3.64. The molecule has 0 aliphatic rings. The Hall–Kier alpha value is -2.60. The van der Waals surface area contributed by atoms with E-state index >= 15 is 0 Å². The van der Waals surface area contributed by atoms with Crippen LogP contribution in [-0.4, -0.2) is 18.0 Å². The number of hydrogen-bond donors (Lipinski definition) is 2. The molecule has 27 heavy (non-hydrogen) atoms. The van der Waals surface area contributed by atoms with Crippen LogP contribution in [0.4, 0.5) is 5.69 Å². The first-order chi connectivity index (χ1) is 13.0. The van der Waals surface area contributed by atoms with Gasteiger partial charge in [-0.15, -0.1) is 0 Å². The maximum absolute atomic E-state index is 12.0. The maximum Gasteiger partial charge on any atom is 0.329 e. The standard InChI is InChI=1S/C19H12Cl3N3O2/c20-15-8-13(9-16(21)17(15)22)24-18(26)19(27)25-23-10-12-6-3-5-11-4-1-2-7-14(11)12/h1-10H,(H,24,26)(H,25,27)/b23-10+. The minimum Gasteiger partial charge on any atom is -0.318 e. The fraction of sp³-hybridized carbons (Fsp3) is 0. The maximum atomic E-state index is 12.0. The second-order valence-corrected chi connectivity index (χ2v) is 6.67. The van der Waals surface area contributed by atoms with Crippen LogP contribution in [-0.2, 0) is 9.59 Å². The van der Waals surface area contributed by atoms with E-state index < -0.39 is 11.8 Å². The molecule has 0 saturated heterocycles. The number of carbonyl (C=O) groups is 2. The number of rotatable bonds is 3. The predicted octanol–water partition coefficient (Wildman–Crippen LogP) is 4.89. The lowest BCUT2D eigenvalue weighted by atomic mass is 10.1. The lowest BCUT2D eigenvalue weighted by Gasteiger charge is -2.07. The molecule has 0 aliphatic heterocycles. The molecule has 0 aliphatic carbocycles. The van der Waals surface area contributed by atoms with Crippen molar-refractivity contribution in [2.45, 2.75) is 0 Å². The monoisotopic (exact) mass is 419 g/mol. The van der Waals surface area contributed by atoms with Gasteiger partial charge in [-0.25, -0.2) is 5.43 Å². The number of benzene rings is 3.